The average molecular weight is 386 g/mol. The summed E-state index contributed by atoms with van der Waals surface area (Å²) in [5, 5.41) is 8.61. The highest BCUT2D eigenvalue weighted by atomic mass is 16.5. The molecule has 8 nitrogen and oxygen atoms in total. The molecule has 0 radical (unpaired) electrons. The SMILES string of the molecule is COc1cc(/C=C/C(=O)N2CCN(CC(=O)N(C)C)CC2)ccc1OCC#N. The summed E-state index contributed by atoms with van der Waals surface area (Å²) in [4.78, 5) is 29.6. The number of ether oxygens (including phenoxy) is 2. The predicted octanol–water partition coefficient (Wildman–Crippen LogP) is 0.843. The summed E-state index contributed by atoms with van der Waals surface area (Å²) in [7, 11) is 5.00. The van der Waals surface area contributed by atoms with Crippen molar-refractivity contribution in [2.24, 2.45) is 0 Å². The molecule has 1 fully saturated rings. The molecule has 0 unspecified atom stereocenters. The van der Waals surface area contributed by atoms with Crippen molar-refractivity contribution < 1.29 is 19.1 Å². The minimum Gasteiger partial charge on any atom is -0.493 e. The topological polar surface area (TPSA) is 86.1 Å². The standard InChI is InChI=1S/C20H26N4O4/c1-22(2)20(26)15-23-9-11-24(12-10-23)19(25)7-5-16-4-6-17(28-13-8-21)18(14-16)27-3/h4-7,14H,9-13,15H2,1-3H3/b7-5+. The Bertz CT molecular complexity index is 762. The molecule has 1 aliphatic rings. The van der Waals surface area contributed by atoms with E-state index in [1.165, 1.54) is 13.2 Å². The van der Waals surface area contributed by atoms with Gasteiger partial charge in [-0.3, -0.25) is 14.5 Å². The second-order valence-corrected chi connectivity index (χ2v) is 6.58. The van der Waals surface area contributed by atoms with Crippen LogP contribution in [0, 0.1) is 11.3 Å². The summed E-state index contributed by atoms with van der Waals surface area (Å²) in [5.74, 6) is 0.984. The highest BCUT2D eigenvalue weighted by Gasteiger charge is 2.21. The van der Waals surface area contributed by atoms with Crippen LogP contribution in [0.3, 0.4) is 0 Å². The van der Waals surface area contributed by atoms with E-state index in [1.807, 2.05) is 6.07 Å². The van der Waals surface area contributed by atoms with E-state index < -0.39 is 0 Å². The van der Waals surface area contributed by atoms with E-state index in [-0.39, 0.29) is 18.4 Å². The third-order valence-electron chi connectivity index (χ3n) is 4.44. The maximum absolute atomic E-state index is 12.4. The van der Waals surface area contributed by atoms with Crippen molar-refractivity contribution in [3.63, 3.8) is 0 Å². The molecule has 1 heterocycles. The first-order valence-corrected chi connectivity index (χ1v) is 9.02. The number of piperazine rings is 1. The molecule has 0 spiro atoms. The Hall–Kier alpha value is -3.05. The zero-order valence-electron chi connectivity index (χ0n) is 16.6. The van der Waals surface area contributed by atoms with Crippen LogP contribution in [0.15, 0.2) is 24.3 Å². The van der Waals surface area contributed by atoms with Crippen molar-refractivity contribution in [3.8, 4) is 17.6 Å². The molecule has 2 amide bonds. The van der Waals surface area contributed by atoms with Crippen molar-refractivity contribution >= 4 is 17.9 Å². The van der Waals surface area contributed by atoms with Gasteiger partial charge in [0.25, 0.3) is 0 Å². The number of amides is 2. The number of nitriles is 1. The van der Waals surface area contributed by atoms with E-state index in [0.717, 1.165) is 5.56 Å². The van der Waals surface area contributed by atoms with Gasteiger partial charge >= 0.3 is 0 Å². The number of hydrogen-bond acceptors (Lipinski definition) is 6. The molecule has 0 N–H and O–H groups in total. The van der Waals surface area contributed by atoms with Gasteiger partial charge < -0.3 is 19.3 Å². The number of methoxy groups -OCH3 is 1. The monoisotopic (exact) mass is 386 g/mol. The van der Waals surface area contributed by atoms with E-state index in [9.17, 15) is 9.59 Å². The average Bonchev–Trinajstić information content (AvgIpc) is 2.71. The van der Waals surface area contributed by atoms with Gasteiger partial charge in [0.15, 0.2) is 18.1 Å². The molecule has 8 heteroatoms. The molecule has 1 aliphatic heterocycles. The molecule has 0 bridgehead atoms. The summed E-state index contributed by atoms with van der Waals surface area (Å²) >= 11 is 0. The lowest BCUT2D eigenvalue weighted by atomic mass is 10.2. The first-order chi connectivity index (χ1) is 13.4. The van der Waals surface area contributed by atoms with Gasteiger partial charge in [-0.2, -0.15) is 5.26 Å². The zero-order valence-corrected chi connectivity index (χ0v) is 16.6. The smallest absolute Gasteiger partial charge is 0.246 e. The van der Waals surface area contributed by atoms with Crippen molar-refractivity contribution in [3.05, 3.63) is 29.8 Å². The minimum absolute atomic E-state index is 0.0594. The van der Waals surface area contributed by atoms with Crippen molar-refractivity contribution in [2.45, 2.75) is 0 Å². The van der Waals surface area contributed by atoms with Gasteiger partial charge in [0.2, 0.25) is 11.8 Å². The van der Waals surface area contributed by atoms with E-state index >= 15 is 0 Å². The van der Waals surface area contributed by atoms with Gasteiger partial charge in [0.05, 0.1) is 13.7 Å². The highest BCUT2D eigenvalue weighted by molar-refractivity contribution is 5.92. The molecule has 150 valence electrons. The van der Waals surface area contributed by atoms with Gasteiger partial charge in [-0.25, -0.2) is 0 Å². The third-order valence-corrected chi connectivity index (χ3v) is 4.44. The molecule has 1 aromatic rings. The Morgan fingerprint density at radius 1 is 1.21 bits per heavy atom. The summed E-state index contributed by atoms with van der Waals surface area (Å²) in [6.45, 7) is 2.86. The van der Waals surface area contributed by atoms with Gasteiger partial charge in [-0.05, 0) is 23.8 Å². The Balaban J connectivity index is 1.90. The molecule has 0 atom stereocenters. The van der Waals surface area contributed by atoms with Crippen molar-refractivity contribution in [1.29, 1.82) is 5.26 Å². The highest BCUT2D eigenvalue weighted by Crippen LogP contribution is 2.28. The molecular formula is C20H26N4O4. The lowest BCUT2D eigenvalue weighted by Gasteiger charge is -2.34. The molecular weight excluding hydrogens is 360 g/mol. The fourth-order valence-electron chi connectivity index (χ4n) is 2.75. The Morgan fingerprint density at radius 2 is 1.93 bits per heavy atom. The fraction of sp³-hybridized carbons (Fsp3) is 0.450. The second kappa shape index (κ2) is 10.3. The van der Waals surface area contributed by atoms with Crippen LogP contribution < -0.4 is 9.47 Å². The molecule has 0 saturated carbocycles. The zero-order chi connectivity index (χ0) is 20.5. The van der Waals surface area contributed by atoms with Gasteiger partial charge in [0, 0.05) is 46.4 Å². The van der Waals surface area contributed by atoms with Crippen LogP contribution in [0.5, 0.6) is 11.5 Å². The largest absolute Gasteiger partial charge is 0.493 e. The maximum atomic E-state index is 12.4. The number of carbonyl (C=O) groups excluding carboxylic acids is 2. The first kappa shape index (κ1) is 21.3. The van der Waals surface area contributed by atoms with Crippen LogP contribution in [0.1, 0.15) is 5.56 Å². The fourth-order valence-corrected chi connectivity index (χ4v) is 2.75. The number of benzene rings is 1. The molecule has 28 heavy (non-hydrogen) atoms. The molecule has 2 rings (SSSR count). The lowest BCUT2D eigenvalue weighted by Crippen LogP contribution is -2.50. The van der Waals surface area contributed by atoms with E-state index in [2.05, 4.69) is 4.90 Å². The van der Waals surface area contributed by atoms with Crippen molar-refractivity contribution in [1.82, 2.24) is 14.7 Å². The second-order valence-electron chi connectivity index (χ2n) is 6.58. The number of carbonyl (C=O) groups is 2. The molecule has 0 aliphatic carbocycles. The number of likely N-dealkylation sites (N-methyl/N-ethyl adjacent to an activating group) is 1. The Labute approximate surface area is 165 Å². The van der Waals surface area contributed by atoms with Gasteiger partial charge in [0.1, 0.15) is 6.07 Å². The van der Waals surface area contributed by atoms with Crippen LogP contribution in [0.25, 0.3) is 6.08 Å². The van der Waals surface area contributed by atoms with Gasteiger partial charge in [-0.1, -0.05) is 6.07 Å². The van der Waals surface area contributed by atoms with E-state index in [1.54, 1.807) is 48.2 Å². The van der Waals surface area contributed by atoms with Crippen LogP contribution >= 0.6 is 0 Å². The van der Waals surface area contributed by atoms with E-state index in [4.69, 9.17) is 14.7 Å². The van der Waals surface area contributed by atoms with Crippen LogP contribution in [0.4, 0.5) is 0 Å². The normalized spacial score (nSPS) is 14.6. The van der Waals surface area contributed by atoms with Gasteiger partial charge in [-0.15, -0.1) is 0 Å². The first-order valence-electron chi connectivity index (χ1n) is 9.02. The molecule has 0 aromatic heterocycles. The lowest BCUT2D eigenvalue weighted by molar-refractivity contribution is -0.131. The molecule has 1 aromatic carbocycles. The van der Waals surface area contributed by atoms with Crippen LogP contribution in [-0.2, 0) is 9.59 Å². The predicted molar refractivity (Wildman–Crippen MR) is 105 cm³/mol. The summed E-state index contributed by atoms with van der Waals surface area (Å²) in [5.41, 5.74) is 0.796. The number of rotatable bonds is 7. The molecule has 1 saturated heterocycles. The number of hydrogen-bond donors (Lipinski definition) is 0. The maximum Gasteiger partial charge on any atom is 0.246 e. The summed E-state index contributed by atoms with van der Waals surface area (Å²) in [6, 6.07) is 7.17. The minimum atomic E-state index is -0.0673. The summed E-state index contributed by atoms with van der Waals surface area (Å²) < 4.78 is 10.6. The number of nitrogens with zero attached hydrogens (tertiary/aromatic N) is 4. The van der Waals surface area contributed by atoms with Crippen LogP contribution in [0.2, 0.25) is 0 Å². The van der Waals surface area contributed by atoms with E-state index in [0.29, 0.717) is 44.2 Å². The third kappa shape index (κ3) is 5.99. The Kier molecular flexibility index (Phi) is 7.84. The summed E-state index contributed by atoms with van der Waals surface area (Å²) in [6.07, 6.45) is 3.26. The van der Waals surface area contributed by atoms with Crippen LogP contribution in [-0.4, -0.2) is 87.0 Å². The Morgan fingerprint density at radius 3 is 2.54 bits per heavy atom. The van der Waals surface area contributed by atoms with Crippen molar-refractivity contribution in [2.75, 3.05) is 60.5 Å². The quantitative estimate of drug-likeness (QED) is 0.646.